The van der Waals surface area contributed by atoms with Crippen molar-refractivity contribution in [1.82, 2.24) is 5.32 Å². The van der Waals surface area contributed by atoms with Gasteiger partial charge in [0.1, 0.15) is 0 Å². The molecular formula is C25H23N. The highest BCUT2D eigenvalue weighted by atomic mass is 14.9. The van der Waals surface area contributed by atoms with Crippen LogP contribution in [0.1, 0.15) is 24.0 Å². The van der Waals surface area contributed by atoms with E-state index in [1.165, 1.54) is 46.2 Å². The zero-order chi connectivity index (χ0) is 17.4. The lowest BCUT2D eigenvalue weighted by molar-refractivity contribution is 0.378. The van der Waals surface area contributed by atoms with Crippen LogP contribution in [-0.2, 0) is 5.41 Å². The van der Waals surface area contributed by atoms with Crippen LogP contribution in [0.3, 0.4) is 0 Å². The van der Waals surface area contributed by atoms with Gasteiger partial charge in [-0.3, -0.25) is 0 Å². The third-order valence-corrected chi connectivity index (χ3v) is 5.97. The molecule has 1 aliphatic carbocycles. The van der Waals surface area contributed by atoms with Crippen LogP contribution in [0.4, 0.5) is 0 Å². The summed E-state index contributed by atoms with van der Waals surface area (Å²) in [7, 11) is 0. The summed E-state index contributed by atoms with van der Waals surface area (Å²) in [6, 6.07) is 26.5. The molecule has 0 amide bonds. The molecule has 5 rings (SSSR count). The first kappa shape index (κ1) is 15.6. The Balaban J connectivity index is 1.73. The second kappa shape index (κ2) is 6.26. The summed E-state index contributed by atoms with van der Waals surface area (Å²) in [4.78, 5) is 0. The van der Waals surface area contributed by atoms with Crippen molar-refractivity contribution < 1.29 is 0 Å². The molecule has 1 N–H and O–H groups in total. The quantitative estimate of drug-likeness (QED) is 0.635. The van der Waals surface area contributed by atoms with E-state index < -0.39 is 0 Å². The number of hydrogen-bond donors (Lipinski definition) is 1. The summed E-state index contributed by atoms with van der Waals surface area (Å²) in [5, 5.41) is 3.52. The smallest absolute Gasteiger partial charge is 0.0165 e. The second-order valence-corrected chi connectivity index (χ2v) is 7.46. The van der Waals surface area contributed by atoms with E-state index in [1.54, 1.807) is 0 Å². The van der Waals surface area contributed by atoms with Gasteiger partial charge >= 0.3 is 0 Å². The predicted octanol–water partition coefficient (Wildman–Crippen LogP) is 5.67. The van der Waals surface area contributed by atoms with Gasteiger partial charge in [0.05, 0.1) is 0 Å². The van der Waals surface area contributed by atoms with Gasteiger partial charge in [-0.2, -0.15) is 0 Å². The van der Waals surface area contributed by atoms with E-state index >= 15 is 0 Å². The number of nitrogens with one attached hydrogen (secondary N) is 1. The molecule has 0 atom stereocenters. The van der Waals surface area contributed by atoms with E-state index in [9.17, 15) is 0 Å². The van der Waals surface area contributed by atoms with Crippen molar-refractivity contribution in [3.8, 4) is 22.3 Å². The molecule has 2 aliphatic rings. The van der Waals surface area contributed by atoms with Gasteiger partial charge in [-0.15, -0.1) is 0 Å². The summed E-state index contributed by atoms with van der Waals surface area (Å²) in [6.45, 7) is 2.20. The Morgan fingerprint density at radius 3 is 1.88 bits per heavy atom. The van der Waals surface area contributed by atoms with Crippen molar-refractivity contribution in [3.05, 3.63) is 90.0 Å². The van der Waals surface area contributed by atoms with Crippen LogP contribution in [0.5, 0.6) is 0 Å². The molecule has 3 aromatic rings. The Morgan fingerprint density at radius 2 is 1.27 bits per heavy atom. The minimum Gasteiger partial charge on any atom is -0.317 e. The van der Waals surface area contributed by atoms with Crippen molar-refractivity contribution in [2.45, 2.75) is 18.3 Å². The first-order valence-electron chi connectivity index (χ1n) is 9.55. The standard InChI is InChI=1S/C25H23N/c1-3-7-19(8-4-1)22-17-21-11-12-25(13-15-26-16-14-25)24(21)18-23(22)20-9-5-2-6-10-20/h1-12,17-18,26H,13-16H2. The lowest BCUT2D eigenvalue weighted by atomic mass is 9.74. The number of allylic oxidation sites excluding steroid dienone is 1. The molecule has 1 heterocycles. The third kappa shape index (κ3) is 2.51. The van der Waals surface area contributed by atoms with Gasteiger partial charge in [-0.1, -0.05) is 72.8 Å². The van der Waals surface area contributed by atoms with E-state index in [4.69, 9.17) is 0 Å². The van der Waals surface area contributed by atoms with Gasteiger partial charge in [0, 0.05) is 5.41 Å². The fourth-order valence-electron chi connectivity index (χ4n) is 4.55. The minimum atomic E-state index is 0.222. The van der Waals surface area contributed by atoms with Gasteiger partial charge in [-0.05, 0) is 71.4 Å². The summed E-state index contributed by atoms with van der Waals surface area (Å²) in [5.74, 6) is 0. The SMILES string of the molecule is C1=CC2(CCNCC2)c2cc(-c3ccccc3)c(-c3ccccc3)cc21. The lowest BCUT2D eigenvalue weighted by Gasteiger charge is -2.34. The van der Waals surface area contributed by atoms with Crippen LogP contribution >= 0.6 is 0 Å². The van der Waals surface area contributed by atoms with Crippen molar-refractivity contribution in [3.63, 3.8) is 0 Å². The van der Waals surface area contributed by atoms with Gasteiger partial charge in [-0.25, -0.2) is 0 Å². The van der Waals surface area contributed by atoms with Crippen LogP contribution in [0.25, 0.3) is 28.3 Å². The van der Waals surface area contributed by atoms with E-state index in [-0.39, 0.29) is 5.41 Å². The molecule has 1 spiro atoms. The predicted molar refractivity (Wildman–Crippen MR) is 110 cm³/mol. The van der Waals surface area contributed by atoms with E-state index in [2.05, 4.69) is 90.3 Å². The maximum absolute atomic E-state index is 3.52. The molecule has 0 aromatic heterocycles. The van der Waals surface area contributed by atoms with Crippen LogP contribution < -0.4 is 5.32 Å². The monoisotopic (exact) mass is 337 g/mol. The van der Waals surface area contributed by atoms with Crippen LogP contribution in [0.2, 0.25) is 0 Å². The van der Waals surface area contributed by atoms with E-state index in [1.807, 2.05) is 0 Å². The Kier molecular flexibility index (Phi) is 3.76. The molecule has 1 heteroatoms. The molecule has 1 aliphatic heterocycles. The average molecular weight is 337 g/mol. The molecule has 0 bridgehead atoms. The lowest BCUT2D eigenvalue weighted by Crippen LogP contribution is -2.37. The molecule has 128 valence electrons. The van der Waals surface area contributed by atoms with Crippen LogP contribution in [0, 0.1) is 0 Å². The Hall–Kier alpha value is -2.64. The topological polar surface area (TPSA) is 12.0 Å². The van der Waals surface area contributed by atoms with Gasteiger partial charge in [0.15, 0.2) is 0 Å². The van der Waals surface area contributed by atoms with E-state index in [0.29, 0.717) is 0 Å². The molecule has 1 saturated heterocycles. The summed E-state index contributed by atoms with van der Waals surface area (Å²) in [5.41, 5.74) is 8.38. The van der Waals surface area contributed by atoms with Gasteiger partial charge in [0.2, 0.25) is 0 Å². The highest BCUT2D eigenvalue weighted by Gasteiger charge is 2.36. The van der Waals surface area contributed by atoms with Crippen molar-refractivity contribution in [2.24, 2.45) is 0 Å². The van der Waals surface area contributed by atoms with Crippen molar-refractivity contribution >= 4 is 6.08 Å². The molecular weight excluding hydrogens is 314 g/mol. The van der Waals surface area contributed by atoms with Crippen molar-refractivity contribution in [2.75, 3.05) is 13.1 Å². The Labute approximate surface area is 155 Å². The maximum Gasteiger partial charge on any atom is 0.0165 e. The number of benzene rings is 3. The Bertz CT molecular complexity index is 948. The number of piperidine rings is 1. The highest BCUT2D eigenvalue weighted by Crippen LogP contribution is 2.46. The highest BCUT2D eigenvalue weighted by molar-refractivity contribution is 5.87. The largest absolute Gasteiger partial charge is 0.317 e. The maximum atomic E-state index is 3.52. The van der Waals surface area contributed by atoms with Crippen LogP contribution in [0.15, 0.2) is 78.9 Å². The molecule has 3 aromatic carbocycles. The minimum absolute atomic E-state index is 0.222. The molecule has 1 nitrogen and oxygen atoms in total. The molecule has 0 radical (unpaired) electrons. The summed E-state index contributed by atoms with van der Waals surface area (Å²) in [6.07, 6.45) is 7.19. The molecule has 1 fully saturated rings. The molecule has 0 unspecified atom stereocenters. The molecule has 0 saturated carbocycles. The fraction of sp³-hybridized carbons (Fsp3) is 0.200. The summed E-state index contributed by atoms with van der Waals surface area (Å²) >= 11 is 0. The first-order valence-corrected chi connectivity index (χ1v) is 9.55. The van der Waals surface area contributed by atoms with Crippen molar-refractivity contribution in [1.29, 1.82) is 0 Å². The van der Waals surface area contributed by atoms with Gasteiger partial charge < -0.3 is 5.32 Å². The third-order valence-electron chi connectivity index (χ3n) is 5.97. The molecule has 26 heavy (non-hydrogen) atoms. The second-order valence-electron chi connectivity index (χ2n) is 7.46. The zero-order valence-corrected chi connectivity index (χ0v) is 14.9. The van der Waals surface area contributed by atoms with Gasteiger partial charge in [0.25, 0.3) is 0 Å². The van der Waals surface area contributed by atoms with Crippen LogP contribution in [-0.4, -0.2) is 13.1 Å². The summed E-state index contributed by atoms with van der Waals surface area (Å²) < 4.78 is 0. The first-order chi connectivity index (χ1) is 12.9. The Morgan fingerprint density at radius 1 is 0.692 bits per heavy atom. The zero-order valence-electron chi connectivity index (χ0n) is 14.9. The normalized spacial score (nSPS) is 17.4. The number of rotatable bonds is 2. The average Bonchev–Trinajstić information content (AvgIpc) is 3.06. The number of hydrogen-bond acceptors (Lipinski definition) is 1. The fourth-order valence-corrected chi connectivity index (χ4v) is 4.55. The number of fused-ring (bicyclic) bond motifs is 2. The van der Waals surface area contributed by atoms with E-state index in [0.717, 1.165) is 13.1 Å².